The van der Waals surface area contributed by atoms with E-state index in [2.05, 4.69) is 25.3 Å². The number of nitrogens with zero attached hydrogens (tertiary/aromatic N) is 6. The molecule has 1 N–H and O–H groups in total. The summed E-state index contributed by atoms with van der Waals surface area (Å²) < 4.78 is 7.39. The molecule has 3 rings (SSSR count). The fourth-order valence-electron chi connectivity index (χ4n) is 3.31. The molecule has 1 aromatic carbocycles. The molecule has 0 atom stereocenters. The van der Waals surface area contributed by atoms with E-state index in [-0.39, 0.29) is 0 Å². The van der Waals surface area contributed by atoms with E-state index in [1.54, 1.807) is 0 Å². The lowest BCUT2D eigenvalue weighted by Crippen LogP contribution is -2.41. The van der Waals surface area contributed by atoms with Gasteiger partial charge in [-0.3, -0.25) is 4.90 Å². The van der Waals surface area contributed by atoms with Gasteiger partial charge in [-0.15, -0.1) is 10.2 Å². The number of ether oxygens (including phenoxy) is 1. The van der Waals surface area contributed by atoms with Gasteiger partial charge in [0.15, 0.2) is 11.8 Å². The number of aliphatic imine (C=N–C) groups is 1. The molecular formula is C21H32ClN7O. The Hall–Kier alpha value is -2.16. The molecule has 8 nitrogen and oxygen atoms in total. The average molecular weight is 434 g/mol. The molecule has 0 amide bonds. The number of rotatable bonds is 8. The van der Waals surface area contributed by atoms with Gasteiger partial charge in [-0.25, -0.2) is 4.99 Å². The van der Waals surface area contributed by atoms with Crippen molar-refractivity contribution in [2.75, 3.05) is 46.4 Å². The first-order valence-electron chi connectivity index (χ1n) is 10.4. The van der Waals surface area contributed by atoms with Gasteiger partial charge in [-0.1, -0.05) is 23.7 Å². The summed E-state index contributed by atoms with van der Waals surface area (Å²) in [6, 6.07) is 7.92. The maximum atomic E-state index is 6.02. The van der Waals surface area contributed by atoms with Gasteiger partial charge in [-0.2, -0.15) is 0 Å². The Bertz CT molecular complexity index is 815. The van der Waals surface area contributed by atoms with Crippen LogP contribution in [0.3, 0.4) is 0 Å². The van der Waals surface area contributed by atoms with Crippen LogP contribution in [0.5, 0.6) is 0 Å². The van der Waals surface area contributed by atoms with Gasteiger partial charge in [0, 0.05) is 45.3 Å². The number of halogens is 1. The molecule has 0 spiro atoms. The van der Waals surface area contributed by atoms with Crippen molar-refractivity contribution in [3.8, 4) is 0 Å². The minimum Gasteiger partial charge on any atom is -0.379 e. The summed E-state index contributed by atoms with van der Waals surface area (Å²) in [6.07, 6.45) is 1.05. The monoisotopic (exact) mass is 433 g/mol. The summed E-state index contributed by atoms with van der Waals surface area (Å²) >= 11 is 6.02. The van der Waals surface area contributed by atoms with Crippen molar-refractivity contribution in [3.05, 3.63) is 46.5 Å². The van der Waals surface area contributed by atoms with E-state index in [9.17, 15) is 0 Å². The van der Waals surface area contributed by atoms with E-state index in [0.29, 0.717) is 6.54 Å². The number of hydrogen-bond donors (Lipinski definition) is 1. The van der Waals surface area contributed by atoms with E-state index in [1.807, 2.05) is 49.9 Å². The van der Waals surface area contributed by atoms with Crippen LogP contribution in [0.15, 0.2) is 29.3 Å². The largest absolute Gasteiger partial charge is 0.379 e. The number of nitrogens with one attached hydrogen (secondary N) is 1. The van der Waals surface area contributed by atoms with Crippen LogP contribution in [0.2, 0.25) is 5.02 Å². The zero-order valence-corrected chi connectivity index (χ0v) is 18.9. The normalized spacial score (nSPS) is 15.4. The molecule has 164 valence electrons. The van der Waals surface area contributed by atoms with Crippen LogP contribution in [0.1, 0.15) is 23.6 Å². The Morgan fingerprint density at radius 2 is 1.97 bits per heavy atom. The third-order valence-corrected chi connectivity index (χ3v) is 5.54. The number of aryl methyl sites for hydroxylation is 1. The van der Waals surface area contributed by atoms with Gasteiger partial charge in [-0.05, 0) is 37.6 Å². The van der Waals surface area contributed by atoms with Crippen LogP contribution in [0, 0.1) is 6.92 Å². The molecule has 1 aliphatic rings. The first-order chi connectivity index (χ1) is 14.5. The standard InChI is InChI=1S/C21H32ClN7O/c1-17-25-26-20(28(17)3)15-24-21(23-9-4-10-29-11-13-30-14-12-29)27(2)16-18-5-7-19(22)8-6-18/h5-8H,4,9-16H2,1-3H3,(H,23,24). The highest BCUT2D eigenvalue weighted by Crippen LogP contribution is 2.11. The summed E-state index contributed by atoms with van der Waals surface area (Å²) in [6.45, 7) is 8.79. The highest BCUT2D eigenvalue weighted by Gasteiger charge is 2.12. The van der Waals surface area contributed by atoms with Crippen LogP contribution >= 0.6 is 11.6 Å². The average Bonchev–Trinajstić information content (AvgIpc) is 3.07. The molecule has 1 aliphatic heterocycles. The number of hydrogen-bond acceptors (Lipinski definition) is 5. The predicted molar refractivity (Wildman–Crippen MR) is 120 cm³/mol. The van der Waals surface area contributed by atoms with Crippen molar-refractivity contribution < 1.29 is 4.74 Å². The quantitative estimate of drug-likeness (QED) is 0.390. The van der Waals surface area contributed by atoms with Crippen molar-refractivity contribution in [1.82, 2.24) is 29.9 Å². The smallest absolute Gasteiger partial charge is 0.194 e. The van der Waals surface area contributed by atoms with Crippen molar-refractivity contribution in [2.24, 2.45) is 12.0 Å². The lowest BCUT2D eigenvalue weighted by molar-refractivity contribution is 0.0375. The van der Waals surface area contributed by atoms with Crippen molar-refractivity contribution >= 4 is 17.6 Å². The third-order valence-electron chi connectivity index (χ3n) is 5.29. The highest BCUT2D eigenvalue weighted by molar-refractivity contribution is 6.30. The van der Waals surface area contributed by atoms with E-state index in [1.165, 1.54) is 5.56 Å². The summed E-state index contributed by atoms with van der Waals surface area (Å²) in [5.74, 6) is 2.59. The van der Waals surface area contributed by atoms with Crippen LogP contribution in [-0.4, -0.2) is 77.0 Å². The SMILES string of the molecule is Cc1nnc(CN=C(NCCCN2CCOCC2)N(C)Cc2ccc(Cl)cc2)n1C. The molecule has 1 fully saturated rings. The third kappa shape index (κ3) is 6.68. The molecule has 0 radical (unpaired) electrons. The molecule has 0 unspecified atom stereocenters. The van der Waals surface area contributed by atoms with Crippen LogP contribution in [-0.2, 0) is 24.9 Å². The maximum Gasteiger partial charge on any atom is 0.194 e. The molecule has 9 heteroatoms. The fourth-order valence-corrected chi connectivity index (χ4v) is 3.44. The van der Waals surface area contributed by atoms with Gasteiger partial charge in [0.1, 0.15) is 12.4 Å². The first-order valence-corrected chi connectivity index (χ1v) is 10.8. The summed E-state index contributed by atoms with van der Waals surface area (Å²) in [4.78, 5) is 9.39. The molecule has 0 bridgehead atoms. The minimum absolute atomic E-state index is 0.480. The molecule has 1 saturated heterocycles. The van der Waals surface area contributed by atoms with E-state index in [0.717, 1.165) is 75.0 Å². The van der Waals surface area contributed by atoms with Gasteiger partial charge in [0.25, 0.3) is 0 Å². The molecule has 0 saturated carbocycles. The Labute approximate surface area is 183 Å². The van der Waals surface area contributed by atoms with Gasteiger partial charge >= 0.3 is 0 Å². The van der Waals surface area contributed by atoms with Crippen LogP contribution in [0.4, 0.5) is 0 Å². The predicted octanol–water partition coefficient (Wildman–Crippen LogP) is 2.08. The van der Waals surface area contributed by atoms with Crippen LogP contribution in [0.25, 0.3) is 0 Å². The number of aromatic nitrogens is 3. The number of morpholine rings is 1. The zero-order chi connectivity index (χ0) is 21.3. The van der Waals surface area contributed by atoms with Gasteiger partial charge in [0.05, 0.1) is 13.2 Å². The molecule has 2 heterocycles. The van der Waals surface area contributed by atoms with Gasteiger partial charge in [0.2, 0.25) is 0 Å². The Balaban J connectivity index is 1.59. The minimum atomic E-state index is 0.480. The van der Waals surface area contributed by atoms with E-state index in [4.69, 9.17) is 21.3 Å². The first kappa shape index (κ1) is 22.5. The molecule has 1 aromatic heterocycles. The molecular weight excluding hydrogens is 402 g/mol. The molecule has 30 heavy (non-hydrogen) atoms. The highest BCUT2D eigenvalue weighted by atomic mass is 35.5. The number of guanidine groups is 1. The summed E-state index contributed by atoms with van der Waals surface area (Å²) in [5.41, 5.74) is 1.18. The second kappa shape index (κ2) is 11.3. The lowest BCUT2D eigenvalue weighted by Gasteiger charge is -2.27. The number of benzene rings is 1. The Morgan fingerprint density at radius 3 is 2.63 bits per heavy atom. The Morgan fingerprint density at radius 1 is 1.23 bits per heavy atom. The fraction of sp³-hybridized carbons (Fsp3) is 0.571. The molecule has 0 aliphatic carbocycles. The molecule has 2 aromatic rings. The van der Waals surface area contributed by atoms with Crippen molar-refractivity contribution in [1.29, 1.82) is 0 Å². The van der Waals surface area contributed by atoms with Gasteiger partial charge < -0.3 is 19.5 Å². The van der Waals surface area contributed by atoms with E-state index < -0.39 is 0 Å². The van der Waals surface area contributed by atoms with Crippen molar-refractivity contribution in [2.45, 2.75) is 26.4 Å². The zero-order valence-electron chi connectivity index (χ0n) is 18.1. The topological polar surface area (TPSA) is 70.8 Å². The van der Waals surface area contributed by atoms with E-state index >= 15 is 0 Å². The summed E-state index contributed by atoms with van der Waals surface area (Å²) in [5, 5.41) is 12.6. The lowest BCUT2D eigenvalue weighted by atomic mass is 10.2. The maximum absolute atomic E-state index is 6.02. The second-order valence-electron chi connectivity index (χ2n) is 7.58. The Kier molecular flexibility index (Phi) is 8.48. The summed E-state index contributed by atoms with van der Waals surface area (Å²) in [7, 11) is 4.01. The van der Waals surface area contributed by atoms with Crippen LogP contribution < -0.4 is 5.32 Å². The second-order valence-corrected chi connectivity index (χ2v) is 8.02. The van der Waals surface area contributed by atoms with Crippen molar-refractivity contribution in [3.63, 3.8) is 0 Å².